The van der Waals surface area contributed by atoms with E-state index in [2.05, 4.69) is 17.1 Å². The third-order valence-electron chi connectivity index (χ3n) is 2.37. The third kappa shape index (κ3) is 5.27. The molecule has 0 bridgehead atoms. The van der Waals surface area contributed by atoms with Gasteiger partial charge in [-0.2, -0.15) is 4.98 Å². The van der Waals surface area contributed by atoms with Crippen molar-refractivity contribution in [2.24, 2.45) is 0 Å². The fourth-order valence-electron chi connectivity index (χ4n) is 1.50. The van der Waals surface area contributed by atoms with Gasteiger partial charge >= 0.3 is 5.97 Å². The van der Waals surface area contributed by atoms with Crippen LogP contribution < -0.4 is 0 Å². The van der Waals surface area contributed by atoms with Gasteiger partial charge in [-0.25, -0.2) is 0 Å². The van der Waals surface area contributed by atoms with Gasteiger partial charge in [-0.3, -0.25) is 9.69 Å². The number of aromatic nitrogens is 2. The van der Waals surface area contributed by atoms with E-state index in [9.17, 15) is 4.79 Å². The van der Waals surface area contributed by atoms with Gasteiger partial charge in [-0.1, -0.05) is 18.5 Å². The van der Waals surface area contributed by atoms with Gasteiger partial charge in [0.25, 0.3) is 0 Å². The normalized spacial score (nSPS) is 10.9. The molecule has 0 aliphatic heterocycles. The lowest BCUT2D eigenvalue weighted by Gasteiger charge is -2.12. The van der Waals surface area contributed by atoms with Gasteiger partial charge in [0.05, 0.1) is 19.7 Å². The Kier molecular flexibility index (Phi) is 6.35. The Bertz CT molecular complexity index is 365. The molecule has 0 amide bonds. The van der Waals surface area contributed by atoms with Crippen molar-refractivity contribution >= 4 is 5.97 Å². The van der Waals surface area contributed by atoms with E-state index in [4.69, 9.17) is 9.26 Å². The second kappa shape index (κ2) is 7.81. The van der Waals surface area contributed by atoms with E-state index in [1.165, 1.54) is 0 Å². The quantitative estimate of drug-likeness (QED) is 0.654. The summed E-state index contributed by atoms with van der Waals surface area (Å²) in [6.07, 6.45) is 2.99. The Labute approximate surface area is 107 Å². The first-order chi connectivity index (χ1) is 8.65. The summed E-state index contributed by atoms with van der Waals surface area (Å²) in [7, 11) is 1.81. The van der Waals surface area contributed by atoms with Crippen LogP contribution in [-0.4, -0.2) is 41.2 Å². The van der Waals surface area contributed by atoms with Gasteiger partial charge < -0.3 is 9.26 Å². The van der Waals surface area contributed by atoms with Gasteiger partial charge in [0.1, 0.15) is 0 Å². The number of ether oxygens (including phenoxy) is 1. The standard InChI is InChI=1S/C12H21N3O3/c1-4-6-7-10-13-11(18-14-10)8-15(3)9-12(16)17-5-2/h4-9H2,1-3H3. The van der Waals surface area contributed by atoms with E-state index in [1.807, 2.05) is 7.05 Å². The molecule has 1 heterocycles. The molecule has 0 aliphatic rings. The smallest absolute Gasteiger partial charge is 0.320 e. The molecule has 0 saturated carbocycles. The highest BCUT2D eigenvalue weighted by atomic mass is 16.5. The zero-order valence-electron chi connectivity index (χ0n) is 11.3. The third-order valence-corrected chi connectivity index (χ3v) is 2.37. The van der Waals surface area contributed by atoms with E-state index in [0.717, 1.165) is 25.1 Å². The molecule has 1 aromatic heterocycles. The number of esters is 1. The highest BCUT2D eigenvalue weighted by molar-refractivity contribution is 5.71. The molecule has 1 aromatic rings. The molecule has 0 spiro atoms. The van der Waals surface area contributed by atoms with Crippen LogP contribution in [0.4, 0.5) is 0 Å². The summed E-state index contributed by atoms with van der Waals surface area (Å²) in [6.45, 7) is 4.98. The number of hydrogen-bond donors (Lipinski definition) is 0. The second-order valence-electron chi connectivity index (χ2n) is 4.19. The number of nitrogens with zero attached hydrogens (tertiary/aromatic N) is 3. The van der Waals surface area contributed by atoms with E-state index in [-0.39, 0.29) is 12.5 Å². The Balaban J connectivity index is 2.37. The van der Waals surface area contributed by atoms with Crippen molar-refractivity contribution in [2.45, 2.75) is 39.7 Å². The minimum Gasteiger partial charge on any atom is -0.465 e. The molecule has 6 nitrogen and oxygen atoms in total. The Morgan fingerprint density at radius 3 is 2.89 bits per heavy atom. The zero-order chi connectivity index (χ0) is 13.4. The number of hydrogen-bond acceptors (Lipinski definition) is 6. The molecule has 18 heavy (non-hydrogen) atoms. The molecule has 6 heteroatoms. The lowest BCUT2D eigenvalue weighted by molar-refractivity contribution is -0.144. The van der Waals surface area contributed by atoms with Crippen molar-refractivity contribution in [1.29, 1.82) is 0 Å². The van der Waals surface area contributed by atoms with E-state index < -0.39 is 0 Å². The molecular weight excluding hydrogens is 234 g/mol. The summed E-state index contributed by atoms with van der Waals surface area (Å²) in [4.78, 5) is 17.3. The summed E-state index contributed by atoms with van der Waals surface area (Å²) < 4.78 is 9.98. The number of rotatable bonds is 8. The summed E-state index contributed by atoms with van der Waals surface area (Å²) in [5, 5.41) is 3.89. The van der Waals surface area contributed by atoms with Crippen LogP contribution in [0.15, 0.2) is 4.52 Å². The monoisotopic (exact) mass is 255 g/mol. The molecular formula is C12H21N3O3. The Morgan fingerprint density at radius 2 is 2.22 bits per heavy atom. The van der Waals surface area contributed by atoms with Crippen LogP contribution in [-0.2, 0) is 22.5 Å². The van der Waals surface area contributed by atoms with Crippen LogP contribution in [0.5, 0.6) is 0 Å². The lowest BCUT2D eigenvalue weighted by Crippen LogP contribution is -2.27. The van der Waals surface area contributed by atoms with Crippen molar-refractivity contribution in [1.82, 2.24) is 15.0 Å². The first-order valence-corrected chi connectivity index (χ1v) is 6.31. The number of carbonyl (C=O) groups is 1. The first kappa shape index (κ1) is 14.6. The molecule has 0 fully saturated rings. The van der Waals surface area contributed by atoms with E-state index >= 15 is 0 Å². The van der Waals surface area contributed by atoms with E-state index in [0.29, 0.717) is 19.0 Å². The molecule has 0 aromatic carbocycles. The van der Waals surface area contributed by atoms with Crippen molar-refractivity contribution in [3.05, 3.63) is 11.7 Å². The maximum absolute atomic E-state index is 11.3. The van der Waals surface area contributed by atoms with Crippen molar-refractivity contribution in [3.63, 3.8) is 0 Å². The van der Waals surface area contributed by atoms with Crippen LogP contribution in [0.1, 0.15) is 38.4 Å². The number of likely N-dealkylation sites (N-methyl/N-ethyl adjacent to an activating group) is 1. The average molecular weight is 255 g/mol. The molecule has 0 aliphatic carbocycles. The van der Waals surface area contributed by atoms with Crippen LogP contribution in [0.3, 0.4) is 0 Å². The molecule has 1 rings (SSSR count). The zero-order valence-corrected chi connectivity index (χ0v) is 11.3. The van der Waals surface area contributed by atoms with Crippen LogP contribution >= 0.6 is 0 Å². The van der Waals surface area contributed by atoms with Crippen molar-refractivity contribution in [3.8, 4) is 0 Å². The molecule has 0 unspecified atom stereocenters. The minimum absolute atomic E-state index is 0.223. The fourth-order valence-corrected chi connectivity index (χ4v) is 1.50. The second-order valence-corrected chi connectivity index (χ2v) is 4.19. The highest BCUT2D eigenvalue weighted by Gasteiger charge is 2.12. The molecule has 0 atom stereocenters. The predicted molar refractivity (Wildman–Crippen MR) is 65.9 cm³/mol. The van der Waals surface area contributed by atoms with Gasteiger partial charge in [0.15, 0.2) is 5.82 Å². The molecule has 0 saturated heterocycles. The molecule has 102 valence electrons. The van der Waals surface area contributed by atoms with Crippen LogP contribution in [0, 0.1) is 0 Å². The predicted octanol–water partition coefficient (Wildman–Crippen LogP) is 1.41. The summed E-state index contributed by atoms with van der Waals surface area (Å²) in [6, 6.07) is 0. The topological polar surface area (TPSA) is 68.5 Å². The first-order valence-electron chi connectivity index (χ1n) is 6.31. The average Bonchev–Trinajstić information content (AvgIpc) is 2.74. The number of unbranched alkanes of at least 4 members (excludes halogenated alkanes) is 1. The lowest BCUT2D eigenvalue weighted by atomic mass is 10.2. The molecule has 0 radical (unpaired) electrons. The Morgan fingerprint density at radius 1 is 1.44 bits per heavy atom. The SMILES string of the molecule is CCCCc1noc(CN(C)CC(=O)OCC)n1. The number of aryl methyl sites for hydroxylation is 1. The van der Waals surface area contributed by atoms with Crippen molar-refractivity contribution < 1.29 is 14.1 Å². The maximum atomic E-state index is 11.3. The number of carbonyl (C=O) groups excluding carboxylic acids is 1. The van der Waals surface area contributed by atoms with E-state index in [1.54, 1.807) is 11.8 Å². The maximum Gasteiger partial charge on any atom is 0.320 e. The fraction of sp³-hybridized carbons (Fsp3) is 0.750. The van der Waals surface area contributed by atoms with Gasteiger partial charge in [-0.15, -0.1) is 0 Å². The van der Waals surface area contributed by atoms with Gasteiger partial charge in [-0.05, 0) is 20.4 Å². The summed E-state index contributed by atoms with van der Waals surface area (Å²) in [5.74, 6) is 1.02. The van der Waals surface area contributed by atoms with Gasteiger partial charge in [0, 0.05) is 6.42 Å². The van der Waals surface area contributed by atoms with Gasteiger partial charge in [0.2, 0.25) is 5.89 Å². The highest BCUT2D eigenvalue weighted by Crippen LogP contribution is 2.04. The Hall–Kier alpha value is -1.43. The minimum atomic E-state index is -0.245. The largest absolute Gasteiger partial charge is 0.465 e. The molecule has 0 N–H and O–H groups in total. The summed E-state index contributed by atoms with van der Waals surface area (Å²) in [5.41, 5.74) is 0. The van der Waals surface area contributed by atoms with Crippen LogP contribution in [0.25, 0.3) is 0 Å². The summed E-state index contributed by atoms with van der Waals surface area (Å²) >= 11 is 0. The van der Waals surface area contributed by atoms with Crippen molar-refractivity contribution in [2.75, 3.05) is 20.2 Å². The van der Waals surface area contributed by atoms with Crippen LogP contribution in [0.2, 0.25) is 0 Å².